The van der Waals surface area contributed by atoms with Crippen LogP contribution in [0.3, 0.4) is 0 Å². The quantitative estimate of drug-likeness (QED) is 0.349. The Morgan fingerprint density at radius 1 is 1.83 bits per heavy atom. The Morgan fingerprint density at radius 2 is 2.58 bits per heavy atom. The van der Waals surface area contributed by atoms with Gasteiger partial charge < -0.3 is 5.32 Å². The van der Waals surface area contributed by atoms with Crippen molar-refractivity contribution in [1.29, 1.82) is 0 Å². The summed E-state index contributed by atoms with van der Waals surface area (Å²) in [4.78, 5) is 15.7. The Balaban J connectivity index is 2.43. The highest BCUT2D eigenvalue weighted by atomic mass is 32.1. The summed E-state index contributed by atoms with van der Waals surface area (Å²) in [5, 5.41) is 2.57. The van der Waals surface area contributed by atoms with Crippen LogP contribution in [0.1, 0.15) is 10.6 Å². The molecule has 0 aliphatic rings. The lowest BCUT2D eigenvalue weighted by atomic mass is 10.4. The largest absolute Gasteiger partial charge is 0.332 e. The molecule has 1 aromatic heterocycles. The summed E-state index contributed by atoms with van der Waals surface area (Å²) in [5.74, 6) is 4.88. The van der Waals surface area contributed by atoms with Crippen molar-refractivity contribution in [2.24, 2.45) is 5.84 Å². The Bertz CT molecular complexity index is 272. The maximum atomic E-state index is 10.7. The van der Waals surface area contributed by atoms with Gasteiger partial charge in [-0.3, -0.25) is 5.43 Å². The van der Waals surface area contributed by atoms with Gasteiger partial charge in [-0.1, -0.05) is 0 Å². The van der Waals surface area contributed by atoms with Crippen molar-refractivity contribution >= 4 is 17.4 Å². The number of thiazole rings is 1. The molecule has 5 nitrogen and oxygen atoms in total. The van der Waals surface area contributed by atoms with E-state index in [1.165, 1.54) is 11.3 Å². The summed E-state index contributed by atoms with van der Waals surface area (Å²) in [5.41, 5.74) is 4.67. The molecular weight excluding hydrogens is 176 g/mol. The van der Waals surface area contributed by atoms with E-state index in [2.05, 4.69) is 10.3 Å². The first-order valence-electron chi connectivity index (χ1n) is 3.37. The monoisotopic (exact) mass is 186 g/mol. The highest BCUT2D eigenvalue weighted by Crippen LogP contribution is 2.10. The van der Waals surface area contributed by atoms with Crippen LogP contribution in [0.4, 0.5) is 4.79 Å². The fourth-order valence-corrected chi connectivity index (χ4v) is 1.42. The molecule has 2 amide bonds. The number of rotatable bonds is 2. The average molecular weight is 186 g/mol. The molecule has 0 saturated heterocycles. The van der Waals surface area contributed by atoms with E-state index in [0.717, 1.165) is 10.6 Å². The van der Waals surface area contributed by atoms with Crippen molar-refractivity contribution in [3.63, 3.8) is 0 Å². The van der Waals surface area contributed by atoms with E-state index >= 15 is 0 Å². The molecule has 1 rings (SSSR count). The van der Waals surface area contributed by atoms with Crippen LogP contribution in [0, 0.1) is 6.92 Å². The molecule has 66 valence electrons. The zero-order valence-corrected chi connectivity index (χ0v) is 7.44. The van der Waals surface area contributed by atoms with Gasteiger partial charge in [0.2, 0.25) is 0 Å². The van der Waals surface area contributed by atoms with Gasteiger partial charge in [-0.2, -0.15) is 0 Å². The number of carbonyl (C=O) groups is 1. The summed E-state index contributed by atoms with van der Waals surface area (Å²) < 4.78 is 0. The van der Waals surface area contributed by atoms with Gasteiger partial charge in [0.25, 0.3) is 0 Å². The fourth-order valence-electron chi connectivity index (χ4n) is 0.707. The lowest BCUT2D eigenvalue weighted by molar-refractivity contribution is 0.241. The third-order valence-corrected chi connectivity index (χ3v) is 2.32. The summed E-state index contributed by atoms with van der Waals surface area (Å²) in [6.45, 7) is 2.37. The maximum absolute atomic E-state index is 10.7. The van der Waals surface area contributed by atoms with Crippen molar-refractivity contribution in [1.82, 2.24) is 15.7 Å². The van der Waals surface area contributed by atoms with Gasteiger partial charge in [-0.15, -0.1) is 11.3 Å². The van der Waals surface area contributed by atoms with Gasteiger partial charge in [-0.05, 0) is 6.92 Å². The molecule has 0 unspecified atom stereocenters. The van der Waals surface area contributed by atoms with Gasteiger partial charge in [0.05, 0.1) is 17.7 Å². The van der Waals surface area contributed by atoms with Crippen LogP contribution < -0.4 is 16.6 Å². The molecule has 0 radical (unpaired) electrons. The van der Waals surface area contributed by atoms with Crippen LogP contribution in [0.15, 0.2) is 5.51 Å². The van der Waals surface area contributed by atoms with Crippen LogP contribution in [0.5, 0.6) is 0 Å². The summed E-state index contributed by atoms with van der Waals surface area (Å²) in [6.07, 6.45) is 0. The number of amides is 2. The molecule has 4 N–H and O–H groups in total. The predicted octanol–water partition coefficient (Wildman–Crippen LogP) is 0.124. The molecule has 0 aromatic carbocycles. The normalized spacial score (nSPS) is 9.50. The molecular formula is C6H10N4OS. The van der Waals surface area contributed by atoms with Gasteiger partial charge in [0, 0.05) is 4.88 Å². The highest BCUT2D eigenvalue weighted by molar-refractivity contribution is 7.09. The molecule has 0 bridgehead atoms. The number of aryl methyl sites for hydroxylation is 1. The zero-order valence-electron chi connectivity index (χ0n) is 6.63. The number of nitrogens with one attached hydrogen (secondary N) is 2. The van der Waals surface area contributed by atoms with E-state index in [9.17, 15) is 4.79 Å². The standard InChI is InChI=1S/C6H10N4OS/c1-4-5(12-3-9-4)2-8-6(11)10-7/h3H,2,7H2,1H3,(H2,8,10,11). The van der Waals surface area contributed by atoms with Crippen molar-refractivity contribution in [2.75, 3.05) is 0 Å². The predicted molar refractivity (Wildman–Crippen MR) is 46.4 cm³/mol. The van der Waals surface area contributed by atoms with E-state index in [-0.39, 0.29) is 6.03 Å². The van der Waals surface area contributed by atoms with Crippen LogP contribution >= 0.6 is 11.3 Å². The zero-order chi connectivity index (χ0) is 8.97. The molecule has 6 heteroatoms. The van der Waals surface area contributed by atoms with Crippen molar-refractivity contribution in [3.05, 3.63) is 16.1 Å². The Kier molecular flexibility index (Phi) is 3.01. The molecule has 0 aliphatic carbocycles. The van der Waals surface area contributed by atoms with Gasteiger partial charge in [-0.25, -0.2) is 15.6 Å². The van der Waals surface area contributed by atoms with E-state index in [1.807, 2.05) is 12.3 Å². The lowest BCUT2D eigenvalue weighted by Crippen LogP contribution is -2.39. The molecule has 0 fully saturated rings. The van der Waals surface area contributed by atoms with Crippen LogP contribution in [-0.4, -0.2) is 11.0 Å². The summed E-state index contributed by atoms with van der Waals surface area (Å²) in [7, 11) is 0. The van der Waals surface area contributed by atoms with E-state index in [1.54, 1.807) is 5.51 Å². The maximum Gasteiger partial charge on any atom is 0.329 e. The molecule has 0 aliphatic heterocycles. The number of carbonyl (C=O) groups excluding carboxylic acids is 1. The first-order valence-corrected chi connectivity index (χ1v) is 4.25. The van der Waals surface area contributed by atoms with Gasteiger partial charge in [0.15, 0.2) is 0 Å². The van der Waals surface area contributed by atoms with Crippen LogP contribution in [-0.2, 0) is 6.54 Å². The number of hydrazine groups is 1. The molecule has 0 atom stereocenters. The molecule has 0 spiro atoms. The minimum absolute atomic E-state index is 0.386. The Labute approximate surface area is 74.0 Å². The SMILES string of the molecule is Cc1ncsc1CNC(=O)NN. The minimum atomic E-state index is -0.386. The van der Waals surface area contributed by atoms with E-state index in [0.29, 0.717) is 6.54 Å². The van der Waals surface area contributed by atoms with Crippen LogP contribution in [0.25, 0.3) is 0 Å². The fraction of sp³-hybridized carbons (Fsp3) is 0.333. The number of urea groups is 1. The van der Waals surface area contributed by atoms with Crippen LogP contribution in [0.2, 0.25) is 0 Å². The number of nitrogens with zero attached hydrogens (tertiary/aromatic N) is 1. The second kappa shape index (κ2) is 4.03. The Morgan fingerprint density at radius 3 is 3.08 bits per heavy atom. The van der Waals surface area contributed by atoms with Gasteiger partial charge in [0.1, 0.15) is 0 Å². The van der Waals surface area contributed by atoms with E-state index in [4.69, 9.17) is 5.84 Å². The summed E-state index contributed by atoms with van der Waals surface area (Å²) >= 11 is 1.51. The van der Waals surface area contributed by atoms with Crippen molar-refractivity contribution in [3.8, 4) is 0 Å². The second-order valence-corrected chi connectivity index (χ2v) is 3.13. The number of hydrogen-bond acceptors (Lipinski definition) is 4. The first kappa shape index (κ1) is 8.95. The minimum Gasteiger partial charge on any atom is -0.332 e. The third-order valence-electron chi connectivity index (χ3n) is 1.39. The molecule has 1 heterocycles. The topological polar surface area (TPSA) is 80.0 Å². The van der Waals surface area contributed by atoms with Crippen molar-refractivity contribution < 1.29 is 4.79 Å². The van der Waals surface area contributed by atoms with Crippen molar-refractivity contribution in [2.45, 2.75) is 13.5 Å². The molecule has 12 heavy (non-hydrogen) atoms. The number of aromatic nitrogens is 1. The molecule has 1 aromatic rings. The molecule has 0 saturated carbocycles. The number of hydrogen-bond donors (Lipinski definition) is 3. The smallest absolute Gasteiger partial charge is 0.329 e. The third kappa shape index (κ3) is 2.18. The summed E-state index contributed by atoms with van der Waals surface area (Å²) in [6, 6.07) is -0.386. The lowest BCUT2D eigenvalue weighted by Gasteiger charge is -2.01. The average Bonchev–Trinajstić information content (AvgIpc) is 2.47. The highest BCUT2D eigenvalue weighted by Gasteiger charge is 2.02. The second-order valence-electron chi connectivity index (χ2n) is 2.19. The first-order chi connectivity index (χ1) is 5.74. The van der Waals surface area contributed by atoms with Gasteiger partial charge >= 0.3 is 6.03 Å². The Hall–Kier alpha value is -1.14. The number of nitrogens with two attached hydrogens (primary N) is 1. The van der Waals surface area contributed by atoms with E-state index < -0.39 is 0 Å².